The molecule has 14 heteroatoms. The first kappa shape index (κ1) is 32.3. The number of rotatable bonds is 10. The van der Waals surface area contributed by atoms with Crippen LogP contribution in [0.15, 0.2) is 15.6 Å². The summed E-state index contributed by atoms with van der Waals surface area (Å²) in [4.78, 5) is 47.8. The second-order valence-corrected chi connectivity index (χ2v) is 12.1. The van der Waals surface area contributed by atoms with Crippen molar-refractivity contribution in [3.8, 4) is 0 Å². The summed E-state index contributed by atoms with van der Waals surface area (Å²) < 4.78 is 5.38. The zero-order chi connectivity index (χ0) is 29.7. The van der Waals surface area contributed by atoms with Gasteiger partial charge in [0.2, 0.25) is 11.8 Å². The maximum absolute atomic E-state index is 13.0. The van der Waals surface area contributed by atoms with Gasteiger partial charge in [0.1, 0.15) is 12.4 Å². The lowest BCUT2D eigenvalue weighted by atomic mass is 9.79. The Hall–Kier alpha value is -2.23. The van der Waals surface area contributed by atoms with E-state index in [1.165, 1.54) is 16.7 Å². The van der Waals surface area contributed by atoms with Crippen LogP contribution in [-0.4, -0.2) is 123 Å². The number of amidine groups is 1. The van der Waals surface area contributed by atoms with Gasteiger partial charge in [0.15, 0.2) is 0 Å². The first-order valence-electron chi connectivity index (χ1n) is 13.8. The van der Waals surface area contributed by atoms with Crippen LogP contribution in [-0.2, 0) is 19.1 Å². The molecule has 0 unspecified atom stereocenters. The van der Waals surface area contributed by atoms with Crippen molar-refractivity contribution in [2.75, 3.05) is 40.2 Å². The highest BCUT2D eigenvalue weighted by Gasteiger charge is 2.60. The van der Waals surface area contributed by atoms with Gasteiger partial charge >= 0.3 is 5.97 Å². The number of hydrogen-bond donors (Lipinski definition) is 5. The topological polar surface area (TPSA) is 181 Å². The Morgan fingerprint density at radius 2 is 2.02 bits per heavy atom. The molecule has 2 amide bonds. The fourth-order valence-corrected chi connectivity index (χ4v) is 7.54. The molecule has 40 heavy (non-hydrogen) atoms. The highest BCUT2D eigenvalue weighted by atomic mass is 32.2. The van der Waals surface area contributed by atoms with Gasteiger partial charge in [-0.3, -0.25) is 19.8 Å². The molecule has 0 bridgehead atoms. The number of carboxylic acid groups (broad SMARTS) is 1. The molecule has 6 N–H and O–H groups in total. The number of nitrogens with two attached hydrogens (primary N) is 1. The maximum atomic E-state index is 13.0. The largest absolute Gasteiger partial charge is 0.477 e. The van der Waals surface area contributed by atoms with Crippen molar-refractivity contribution < 1.29 is 34.4 Å². The number of aliphatic carboxylic acids is 1. The molecule has 13 nitrogen and oxygen atoms in total. The summed E-state index contributed by atoms with van der Waals surface area (Å²) in [6.45, 7) is 8.95. The monoisotopic (exact) mass is 584 g/mol. The van der Waals surface area contributed by atoms with E-state index >= 15 is 0 Å². The number of thioether (sulfide) groups is 1. The predicted molar refractivity (Wildman–Crippen MR) is 151 cm³/mol. The number of β-lactam (4-membered cyclic amide) rings is 1. The first-order valence-corrected chi connectivity index (χ1v) is 14.6. The van der Waals surface area contributed by atoms with Gasteiger partial charge in [-0.2, -0.15) is 0 Å². The first-order chi connectivity index (χ1) is 18.9. The average molecular weight is 585 g/mol. The van der Waals surface area contributed by atoms with E-state index in [9.17, 15) is 24.6 Å². The summed E-state index contributed by atoms with van der Waals surface area (Å²) in [6.07, 6.45) is 1.03. The minimum Gasteiger partial charge on any atom is -0.477 e. The predicted octanol–water partition coefficient (Wildman–Crippen LogP) is -0.209. The second-order valence-electron chi connectivity index (χ2n) is 10.7. The summed E-state index contributed by atoms with van der Waals surface area (Å²) >= 11 is 1.51. The van der Waals surface area contributed by atoms with Gasteiger partial charge in [0.05, 0.1) is 36.8 Å². The number of amides is 2. The van der Waals surface area contributed by atoms with Gasteiger partial charge in [-0.1, -0.05) is 6.92 Å². The molecule has 4 aliphatic heterocycles. The number of carboxylic acids is 1. The fraction of sp³-hybridized carbons (Fsp3) is 0.769. The number of nitrogens with zero attached hydrogens (tertiary/aromatic N) is 4. The van der Waals surface area contributed by atoms with Crippen LogP contribution in [0, 0.1) is 11.8 Å². The summed E-state index contributed by atoms with van der Waals surface area (Å²) in [5.41, 5.74) is 5.53. The van der Waals surface area contributed by atoms with E-state index in [1.807, 2.05) is 18.9 Å². The summed E-state index contributed by atoms with van der Waals surface area (Å²) in [5.74, 6) is -1.64. The molecule has 0 aliphatic carbocycles. The minimum absolute atomic E-state index is 0.0372. The van der Waals surface area contributed by atoms with E-state index in [4.69, 9.17) is 15.6 Å². The lowest BCUT2D eigenvalue weighted by molar-refractivity contribution is -0.163. The summed E-state index contributed by atoms with van der Waals surface area (Å²) in [5, 5.41) is 30.9. The molecule has 0 aromatic carbocycles. The van der Waals surface area contributed by atoms with E-state index in [0.29, 0.717) is 43.4 Å². The lowest BCUT2D eigenvalue weighted by Gasteiger charge is -2.46. The molecule has 0 saturated carbocycles. The minimum atomic E-state index is -1.11. The number of piperidine rings is 1. The van der Waals surface area contributed by atoms with Crippen LogP contribution in [0.3, 0.4) is 0 Å². The third kappa shape index (κ3) is 6.97. The standard InChI is InChI=1S/C24H38N6O6S.C2H6O/c1-12-20-19(13(2)31)23(33)30(20)21(24(34)35)22(12)37-16-8-17(28(4)9-16)29-6-5-15(7-18(29)32)27-11-36-10-26-14(3)25;1-2-3/h12-13,15-17,19-20,27,31H,5-11H2,1-4H3,(H2,25,26)(H,34,35);3H,2H2,1H3/t12-,13-,15+,16+,17-,19-,20-;/m1./s1. The average Bonchev–Trinajstić information content (AvgIpc) is 3.34. The third-order valence-corrected chi connectivity index (χ3v) is 9.27. The molecule has 0 spiro atoms. The fourth-order valence-electron chi connectivity index (χ4n) is 5.95. The number of aliphatic hydroxyl groups excluding tert-OH is 2. The lowest BCUT2D eigenvalue weighted by Crippen LogP contribution is -2.63. The molecule has 7 atom stereocenters. The third-order valence-electron chi connectivity index (χ3n) is 7.78. The quantitative estimate of drug-likeness (QED) is 0.0754. The Bertz CT molecular complexity index is 1000. The molecule has 4 rings (SSSR count). The zero-order valence-electron chi connectivity index (χ0n) is 23.9. The normalized spacial score (nSPS) is 31.6. The van der Waals surface area contributed by atoms with Crippen LogP contribution in [0.2, 0.25) is 0 Å². The maximum Gasteiger partial charge on any atom is 0.353 e. The molecule has 4 heterocycles. The van der Waals surface area contributed by atoms with Gasteiger partial charge in [-0.25, -0.2) is 9.79 Å². The number of fused-ring (bicyclic) bond motifs is 1. The number of likely N-dealkylation sites (tertiary alicyclic amines) is 2. The number of ether oxygens (including phenoxy) is 1. The second kappa shape index (κ2) is 14.1. The Morgan fingerprint density at radius 1 is 1.35 bits per heavy atom. The van der Waals surface area contributed by atoms with Crippen LogP contribution in [0.4, 0.5) is 0 Å². The molecule has 3 saturated heterocycles. The smallest absolute Gasteiger partial charge is 0.353 e. The molecule has 0 radical (unpaired) electrons. The van der Waals surface area contributed by atoms with Crippen molar-refractivity contribution in [3.05, 3.63) is 10.6 Å². The van der Waals surface area contributed by atoms with E-state index in [-0.39, 0.29) is 60.3 Å². The summed E-state index contributed by atoms with van der Waals surface area (Å²) in [6, 6.07) is -0.283. The number of nitrogens with one attached hydrogen (secondary N) is 1. The van der Waals surface area contributed by atoms with Crippen molar-refractivity contribution in [2.24, 2.45) is 22.6 Å². The van der Waals surface area contributed by atoms with Crippen LogP contribution < -0.4 is 11.1 Å². The highest BCUT2D eigenvalue weighted by molar-refractivity contribution is 8.03. The van der Waals surface area contributed by atoms with E-state index in [0.717, 1.165) is 6.42 Å². The van der Waals surface area contributed by atoms with Crippen molar-refractivity contribution in [3.63, 3.8) is 0 Å². The summed E-state index contributed by atoms with van der Waals surface area (Å²) in [7, 11) is 1.99. The van der Waals surface area contributed by atoms with Crippen LogP contribution >= 0.6 is 11.8 Å². The Kier molecular flexibility index (Phi) is 11.4. The number of hydrogen-bond acceptors (Lipinski definition) is 10. The van der Waals surface area contributed by atoms with Gasteiger partial charge in [-0.05, 0) is 40.7 Å². The molecular formula is C26H44N6O7S. The molecular weight excluding hydrogens is 540 g/mol. The van der Waals surface area contributed by atoms with Crippen LogP contribution in [0.25, 0.3) is 0 Å². The van der Waals surface area contributed by atoms with E-state index in [2.05, 4.69) is 15.2 Å². The molecule has 3 fully saturated rings. The highest BCUT2D eigenvalue weighted by Crippen LogP contribution is 2.52. The van der Waals surface area contributed by atoms with E-state index in [1.54, 1.807) is 20.8 Å². The number of carbonyl (C=O) groups is 3. The van der Waals surface area contributed by atoms with Crippen LogP contribution in [0.1, 0.15) is 47.0 Å². The van der Waals surface area contributed by atoms with Crippen molar-refractivity contribution in [2.45, 2.75) is 76.6 Å². The Labute approximate surface area is 239 Å². The van der Waals surface area contributed by atoms with E-state index < -0.39 is 18.0 Å². The van der Waals surface area contributed by atoms with Crippen molar-refractivity contribution in [1.82, 2.24) is 20.0 Å². The number of aliphatic hydroxyl groups is 2. The SMILES string of the molecule is CC(N)=NCOCN[C@H]1CCN([C@@H]2C[C@H](SC3=C(C(=O)O)N4C(=O)[C@H]([C@@H](C)O)[C@H]4[C@H]3C)CN2C)C(=O)C1.CCO. The molecule has 0 aromatic rings. The zero-order valence-corrected chi connectivity index (χ0v) is 24.8. The molecule has 0 aromatic heterocycles. The van der Waals surface area contributed by atoms with Gasteiger partial charge < -0.3 is 35.6 Å². The number of aliphatic imine (C=N–C) groups is 1. The Balaban J connectivity index is 0.00000141. The van der Waals surface area contributed by atoms with Gasteiger partial charge in [0, 0.05) is 48.2 Å². The van der Waals surface area contributed by atoms with Gasteiger partial charge in [0.25, 0.3) is 0 Å². The molecule has 4 aliphatic rings. The van der Waals surface area contributed by atoms with Crippen molar-refractivity contribution >= 4 is 35.4 Å². The number of carbonyl (C=O) groups excluding carboxylic acids is 2. The van der Waals surface area contributed by atoms with Gasteiger partial charge in [-0.15, -0.1) is 11.8 Å². The van der Waals surface area contributed by atoms with Crippen molar-refractivity contribution in [1.29, 1.82) is 0 Å². The molecule has 226 valence electrons. The Morgan fingerprint density at radius 3 is 2.60 bits per heavy atom. The van der Waals surface area contributed by atoms with Crippen LogP contribution in [0.5, 0.6) is 0 Å².